The van der Waals surface area contributed by atoms with Crippen LogP contribution in [0.15, 0.2) is 4.42 Å². The molecule has 3 unspecified atom stereocenters. The minimum absolute atomic E-state index is 0.0204. The molecule has 6 nitrogen and oxygen atoms in total. The van der Waals surface area contributed by atoms with E-state index in [2.05, 4.69) is 22.4 Å². The number of likely N-dealkylation sites (tertiary alicyclic amines) is 1. The Balaban J connectivity index is 1.52. The predicted molar refractivity (Wildman–Crippen MR) is 89.8 cm³/mol. The van der Waals surface area contributed by atoms with E-state index >= 15 is 0 Å². The SMILES string of the molecule is Cc1nnc(C23CC(C)CC(C2)N3C(=O)NC2CCC(Cl)CC2)o1. The molecule has 3 fully saturated rings. The zero-order valence-corrected chi connectivity index (χ0v) is 15.1. The molecular weight excluding hydrogens is 328 g/mol. The van der Waals surface area contributed by atoms with E-state index in [1.165, 1.54) is 0 Å². The quantitative estimate of drug-likeness (QED) is 0.828. The molecule has 2 bridgehead atoms. The van der Waals surface area contributed by atoms with Crippen LogP contribution < -0.4 is 5.32 Å². The first-order chi connectivity index (χ1) is 11.5. The summed E-state index contributed by atoms with van der Waals surface area (Å²) in [7, 11) is 0. The number of piperidine rings is 1. The smallest absolute Gasteiger partial charge is 0.318 e. The van der Waals surface area contributed by atoms with Gasteiger partial charge in [-0.2, -0.15) is 0 Å². The van der Waals surface area contributed by atoms with Crippen molar-refractivity contribution in [3.05, 3.63) is 11.8 Å². The standard InChI is InChI=1S/C17H25ClN4O2/c1-10-7-14-9-17(8-10,15-21-20-11(2)24-15)22(14)16(23)19-13-5-3-12(18)4-6-13/h10,12-14H,3-9H2,1-2H3,(H,19,23). The third kappa shape index (κ3) is 2.59. The lowest BCUT2D eigenvalue weighted by Gasteiger charge is -2.61. The molecule has 4 rings (SSSR count). The van der Waals surface area contributed by atoms with Gasteiger partial charge in [0.25, 0.3) is 0 Å². The Hall–Kier alpha value is -1.30. The van der Waals surface area contributed by atoms with Gasteiger partial charge in [0.1, 0.15) is 5.54 Å². The summed E-state index contributed by atoms with van der Waals surface area (Å²) in [4.78, 5) is 15.0. The van der Waals surface area contributed by atoms with E-state index in [1.807, 2.05) is 4.90 Å². The summed E-state index contributed by atoms with van der Waals surface area (Å²) in [5, 5.41) is 11.7. The van der Waals surface area contributed by atoms with E-state index in [9.17, 15) is 4.79 Å². The van der Waals surface area contributed by atoms with Gasteiger partial charge in [-0.15, -0.1) is 21.8 Å². The minimum Gasteiger partial charge on any atom is -0.423 e. The number of rotatable bonds is 2. The van der Waals surface area contributed by atoms with E-state index in [-0.39, 0.29) is 23.5 Å². The average molecular weight is 353 g/mol. The van der Waals surface area contributed by atoms with E-state index in [0.717, 1.165) is 44.9 Å². The maximum Gasteiger partial charge on any atom is 0.318 e. The van der Waals surface area contributed by atoms with Crippen LogP contribution in [-0.4, -0.2) is 38.6 Å². The van der Waals surface area contributed by atoms with Crippen molar-refractivity contribution >= 4 is 17.6 Å². The highest BCUT2D eigenvalue weighted by molar-refractivity contribution is 6.20. The number of nitrogens with zero attached hydrogens (tertiary/aromatic N) is 3. The van der Waals surface area contributed by atoms with Crippen LogP contribution in [0.1, 0.15) is 63.7 Å². The molecule has 7 heteroatoms. The highest BCUT2D eigenvalue weighted by atomic mass is 35.5. The highest BCUT2D eigenvalue weighted by Gasteiger charge is 2.62. The first kappa shape index (κ1) is 16.2. The molecule has 2 saturated carbocycles. The van der Waals surface area contributed by atoms with Crippen molar-refractivity contribution in [2.45, 2.75) is 81.8 Å². The van der Waals surface area contributed by atoms with Crippen LogP contribution in [0.25, 0.3) is 0 Å². The first-order valence-corrected chi connectivity index (χ1v) is 9.46. The lowest BCUT2D eigenvalue weighted by atomic mass is 9.64. The van der Waals surface area contributed by atoms with Crippen LogP contribution in [-0.2, 0) is 5.54 Å². The van der Waals surface area contributed by atoms with Gasteiger partial charge in [-0.3, -0.25) is 0 Å². The number of amides is 2. The van der Waals surface area contributed by atoms with Gasteiger partial charge in [0.2, 0.25) is 11.8 Å². The Labute approximate surface area is 147 Å². The molecule has 132 valence electrons. The number of hydrogen-bond acceptors (Lipinski definition) is 4. The van der Waals surface area contributed by atoms with Crippen LogP contribution in [0.2, 0.25) is 0 Å². The fourth-order valence-electron chi connectivity index (χ4n) is 4.87. The summed E-state index contributed by atoms with van der Waals surface area (Å²) in [6.45, 7) is 4.03. The van der Waals surface area contributed by atoms with Crippen molar-refractivity contribution in [3.8, 4) is 0 Å². The summed E-state index contributed by atoms with van der Waals surface area (Å²) >= 11 is 6.17. The predicted octanol–water partition coefficient (Wildman–Crippen LogP) is 3.34. The number of nitrogens with one attached hydrogen (secondary N) is 1. The summed E-state index contributed by atoms with van der Waals surface area (Å²) in [5.74, 6) is 1.72. The summed E-state index contributed by atoms with van der Waals surface area (Å²) in [6.07, 6.45) is 6.75. The van der Waals surface area contributed by atoms with Gasteiger partial charge in [-0.05, 0) is 44.4 Å². The maximum absolute atomic E-state index is 13.0. The number of alkyl halides is 1. The number of aromatic nitrogens is 2. The van der Waals surface area contributed by atoms with Crippen LogP contribution in [0, 0.1) is 12.8 Å². The molecule has 3 aliphatic rings. The van der Waals surface area contributed by atoms with Gasteiger partial charge in [0, 0.05) is 30.8 Å². The lowest BCUT2D eigenvalue weighted by Crippen LogP contribution is -2.71. The average Bonchev–Trinajstić information content (AvgIpc) is 2.95. The number of urea groups is 1. The molecule has 0 aromatic carbocycles. The van der Waals surface area contributed by atoms with Gasteiger partial charge in [-0.1, -0.05) is 6.92 Å². The number of carbonyl (C=O) groups is 1. The second-order valence-electron chi connectivity index (χ2n) is 7.83. The zero-order valence-electron chi connectivity index (χ0n) is 14.3. The Morgan fingerprint density at radius 3 is 2.71 bits per heavy atom. The van der Waals surface area contributed by atoms with E-state index in [4.69, 9.17) is 16.0 Å². The molecule has 0 radical (unpaired) electrons. The molecule has 2 aliphatic carbocycles. The van der Waals surface area contributed by atoms with Crippen molar-refractivity contribution in [2.75, 3.05) is 0 Å². The second kappa shape index (κ2) is 5.90. The third-order valence-electron chi connectivity index (χ3n) is 5.89. The van der Waals surface area contributed by atoms with Gasteiger partial charge >= 0.3 is 6.03 Å². The maximum atomic E-state index is 13.0. The van der Waals surface area contributed by atoms with E-state index in [0.29, 0.717) is 17.7 Å². The first-order valence-electron chi connectivity index (χ1n) is 9.02. The minimum atomic E-state index is -0.405. The third-order valence-corrected chi connectivity index (χ3v) is 6.32. The van der Waals surface area contributed by atoms with Crippen LogP contribution in [0.3, 0.4) is 0 Å². The molecule has 1 aromatic heterocycles. The zero-order chi connectivity index (χ0) is 16.9. The van der Waals surface area contributed by atoms with Crippen molar-refractivity contribution in [2.24, 2.45) is 5.92 Å². The van der Waals surface area contributed by atoms with Crippen LogP contribution >= 0.6 is 11.6 Å². The van der Waals surface area contributed by atoms with Crippen molar-refractivity contribution in [3.63, 3.8) is 0 Å². The molecule has 2 heterocycles. The molecule has 0 spiro atoms. The fraction of sp³-hybridized carbons (Fsp3) is 0.824. The molecule has 2 amide bonds. The Kier molecular flexibility index (Phi) is 3.98. The van der Waals surface area contributed by atoms with E-state index < -0.39 is 5.54 Å². The van der Waals surface area contributed by atoms with Crippen LogP contribution in [0.5, 0.6) is 0 Å². The van der Waals surface area contributed by atoms with Gasteiger partial charge in [0.15, 0.2) is 0 Å². The number of aryl methyl sites for hydroxylation is 1. The topological polar surface area (TPSA) is 71.3 Å². The van der Waals surface area contributed by atoms with Crippen molar-refractivity contribution < 1.29 is 9.21 Å². The number of fused-ring (bicyclic) bond motifs is 2. The fourth-order valence-corrected chi connectivity index (χ4v) is 5.13. The highest BCUT2D eigenvalue weighted by Crippen LogP contribution is 2.55. The molecular formula is C17H25ClN4O2. The van der Waals surface area contributed by atoms with E-state index in [1.54, 1.807) is 6.92 Å². The summed E-state index contributed by atoms with van der Waals surface area (Å²) in [6, 6.07) is 0.532. The van der Waals surface area contributed by atoms with Crippen molar-refractivity contribution in [1.82, 2.24) is 20.4 Å². The molecule has 1 N–H and O–H groups in total. The number of hydrogen-bond donors (Lipinski definition) is 1. The largest absolute Gasteiger partial charge is 0.423 e. The Bertz CT molecular complexity index is 628. The monoisotopic (exact) mass is 352 g/mol. The van der Waals surface area contributed by atoms with Crippen LogP contribution in [0.4, 0.5) is 4.79 Å². The Morgan fingerprint density at radius 2 is 2.04 bits per heavy atom. The van der Waals surface area contributed by atoms with Gasteiger partial charge < -0.3 is 14.6 Å². The van der Waals surface area contributed by atoms with Crippen molar-refractivity contribution in [1.29, 1.82) is 0 Å². The number of carbonyl (C=O) groups excluding carboxylic acids is 1. The summed E-state index contributed by atoms with van der Waals surface area (Å²) < 4.78 is 5.74. The normalized spacial score (nSPS) is 38.5. The summed E-state index contributed by atoms with van der Waals surface area (Å²) in [5.41, 5.74) is -0.405. The molecule has 1 aromatic rings. The molecule has 1 saturated heterocycles. The lowest BCUT2D eigenvalue weighted by molar-refractivity contribution is -0.114. The van der Waals surface area contributed by atoms with Gasteiger partial charge in [0.05, 0.1) is 0 Å². The molecule has 24 heavy (non-hydrogen) atoms. The Morgan fingerprint density at radius 1 is 1.29 bits per heavy atom. The molecule has 3 atom stereocenters. The number of halogens is 1. The second-order valence-corrected chi connectivity index (χ2v) is 8.45. The molecule has 1 aliphatic heterocycles. The van der Waals surface area contributed by atoms with Gasteiger partial charge in [-0.25, -0.2) is 4.79 Å².